The van der Waals surface area contributed by atoms with Crippen molar-refractivity contribution in [3.63, 3.8) is 0 Å². The normalized spacial score (nSPS) is 14.0. The van der Waals surface area contributed by atoms with Crippen LogP contribution in [0.5, 0.6) is 0 Å². The third-order valence-electron chi connectivity index (χ3n) is 14.3. The molecule has 0 bridgehead atoms. The average Bonchev–Trinajstić information content (AvgIpc) is 3.34. The van der Waals surface area contributed by atoms with Crippen molar-refractivity contribution in [2.45, 2.75) is 321 Å². The van der Waals surface area contributed by atoms with Crippen LogP contribution in [0.15, 0.2) is 36.5 Å². The summed E-state index contributed by atoms with van der Waals surface area (Å²) in [6, 6.07) is -0.908. The monoisotopic (exact) mass is 1030 g/mol. The minimum absolute atomic E-state index is 0.00727. The Morgan fingerprint density at radius 2 is 0.778 bits per heavy atom. The molecule has 0 aliphatic carbocycles. The number of likely N-dealkylation sites (N-methyl/N-ethyl adjacent to an activating group) is 1. The summed E-state index contributed by atoms with van der Waals surface area (Å²) in [5, 5.41) is 13.9. The van der Waals surface area contributed by atoms with Crippen LogP contribution < -0.4 is 10.2 Å². The van der Waals surface area contributed by atoms with Crippen molar-refractivity contribution in [3.05, 3.63) is 36.5 Å². The Morgan fingerprint density at radius 1 is 0.472 bits per heavy atom. The minimum Gasteiger partial charge on any atom is -0.756 e. The van der Waals surface area contributed by atoms with E-state index in [9.17, 15) is 19.4 Å². The van der Waals surface area contributed by atoms with E-state index in [0.717, 1.165) is 44.9 Å². The molecule has 0 aromatic carbocycles. The van der Waals surface area contributed by atoms with Gasteiger partial charge >= 0.3 is 0 Å². The fourth-order valence-corrected chi connectivity index (χ4v) is 10.1. The van der Waals surface area contributed by atoms with Gasteiger partial charge in [0.1, 0.15) is 13.2 Å². The Morgan fingerprint density at radius 3 is 1.12 bits per heavy atom. The molecule has 0 aliphatic rings. The highest BCUT2D eigenvalue weighted by molar-refractivity contribution is 7.45. The predicted octanol–water partition coefficient (Wildman–Crippen LogP) is 18.7. The standard InChI is InChI=1S/C63H123N2O6P/c1-6-8-10-12-14-16-18-20-22-24-26-28-29-30-31-32-33-34-35-37-39-41-43-45-47-49-51-53-55-57-63(67)64-61(60-71-72(68,69)70-59-58-65(3,4)5)62(66)56-54-52-50-48-46-44-42-40-38-36-27-25-23-21-19-17-15-13-11-9-7-2/h38,40,46,48,54,56,61-62,66H,6-37,39,41-45,47,49-53,55,57-60H2,1-5H3,(H-,64,67,68,69)/b40-38+,48-46+,56-54+. The van der Waals surface area contributed by atoms with Crippen molar-refractivity contribution < 1.29 is 32.9 Å². The first-order valence-corrected chi connectivity index (χ1v) is 32.8. The minimum atomic E-state index is -4.61. The maximum absolute atomic E-state index is 13.0. The lowest BCUT2D eigenvalue weighted by molar-refractivity contribution is -0.870. The number of carbonyl (C=O) groups is 1. The molecule has 0 fully saturated rings. The molecule has 8 nitrogen and oxygen atoms in total. The van der Waals surface area contributed by atoms with Gasteiger partial charge in [-0.25, -0.2) is 0 Å². The fourth-order valence-electron chi connectivity index (χ4n) is 9.42. The lowest BCUT2D eigenvalue weighted by atomic mass is 10.0. The number of hydrogen-bond acceptors (Lipinski definition) is 6. The summed E-state index contributed by atoms with van der Waals surface area (Å²) < 4.78 is 23.4. The fraction of sp³-hybridized carbons (Fsp3) is 0.889. The number of aliphatic hydroxyl groups excluding tert-OH is 1. The van der Waals surface area contributed by atoms with E-state index in [0.29, 0.717) is 17.4 Å². The highest BCUT2D eigenvalue weighted by atomic mass is 31.2. The molecule has 0 aliphatic heterocycles. The molecule has 0 saturated heterocycles. The molecule has 2 N–H and O–H groups in total. The second kappa shape index (κ2) is 54.5. The summed E-state index contributed by atoms with van der Waals surface area (Å²) in [7, 11) is 1.25. The first-order chi connectivity index (χ1) is 35.0. The molecule has 0 radical (unpaired) electrons. The van der Waals surface area contributed by atoms with E-state index in [1.165, 1.54) is 244 Å². The number of carbonyl (C=O) groups excluding carboxylic acids is 1. The largest absolute Gasteiger partial charge is 0.756 e. The van der Waals surface area contributed by atoms with Crippen molar-refractivity contribution in [1.29, 1.82) is 0 Å². The zero-order chi connectivity index (χ0) is 52.7. The van der Waals surface area contributed by atoms with Gasteiger partial charge in [0.25, 0.3) is 7.82 Å². The molecular weight excluding hydrogens is 912 g/mol. The Kier molecular flexibility index (Phi) is 53.5. The molecule has 1 amide bonds. The van der Waals surface area contributed by atoms with E-state index in [1.54, 1.807) is 6.08 Å². The zero-order valence-corrected chi connectivity index (χ0v) is 49.5. The molecule has 0 saturated carbocycles. The number of quaternary nitrogens is 1. The second-order valence-electron chi connectivity index (χ2n) is 22.8. The maximum Gasteiger partial charge on any atom is 0.268 e. The van der Waals surface area contributed by atoms with Crippen molar-refractivity contribution in [3.8, 4) is 0 Å². The first-order valence-electron chi connectivity index (χ1n) is 31.4. The summed E-state index contributed by atoms with van der Waals surface area (Å²) >= 11 is 0. The quantitative estimate of drug-likeness (QED) is 0.0272. The molecule has 3 atom stereocenters. The maximum atomic E-state index is 13.0. The lowest BCUT2D eigenvalue weighted by Crippen LogP contribution is -2.45. The van der Waals surface area contributed by atoms with E-state index < -0.39 is 26.6 Å². The predicted molar refractivity (Wildman–Crippen MR) is 311 cm³/mol. The number of amides is 1. The van der Waals surface area contributed by atoms with Crippen LogP contribution in [0.1, 0.15) is 309 Å². The van der Waals surface area contributed by atoms with Crippen molar-refractivity contribution in [2.24, 2.45) is 0 Å². The van der Waals surface area contributed by atoms with Crippen LogP contribution in [0, 0.1) is 0 Å². The molecule has 9 heteroatoms. The Balaban J connectivity index is 4.14. The molecule has 3 unspecified atom stereocenters. The van der Waals surface area contributed by atoms with E-state index in [-0.39, 0.29) is 12.5 Å². The van der Waals surface area contributed by atoms with E-state index >= 15 is 0 Å². The van der Waals surface area contributed by atoms with Crippen LogP contribution in [0.4, 0.5) is 0 Å². The van der Waals surface area contributed by atoms with Crippen molar-refractivity contribution in [1.82, 2.24) is 5.32 Å². The molecule has 0 spiro atoms. The summed E-state index contributed by atoms with van der Waals surface area (Å²) in [6.07, 6.45) is 71.1. The van der Waals surface area contributed by atoms with Crippen LogP contribution in [0.2, 0.25) is 0 Å². The van der Waals surface area contributed by atoms with Gasteiger partial charge in [-0.05, 0) is 44.9 Å². The van der Waals surface area contributed by atoms with Gasteiger partial charge in [0.2, 0.25) is 5.91 Å². The second-order valence-corrected chi connectivity index (χ2v) is 24.2. The molecule has 0 aromatic rings. The summed E-state index contributed by atoms with van der Waals surface area (Å²) in [6.45, 7) is 4.66. The Labute approximate surface area is 448 Å². The van der Waals surface area contributed by atoms with Gasteiger partial charge in [-0.3, -0.25) is 9.36 Å². The van der Waals surface area contributed by atoms with Gasteiger partial charge < -0.3 is 28.8 Å². The van der Waals surface area contributed by atoms with E-state index in [4.69, 9.17) is 9.05 Å². The number of hydrogen-bond donors (Lipinski definition) is 2. The number of rotatable bonds is 58. The Bertz CT molecular complexity index is 1270. The highest BCUT2D eigenvalue weighted by Crippen LogP contribution is 2.38. The van der Waals surface area contributed by atoms with Gasteiger partial charge in [0, 0.05) is 6.42 Å². The number of allylic oxidation sites excluding steroid dienone is 5. The van der Waals surface area contributed by atoms with Crippen LogP contribution >= 0.6 is 7.82 Å². The van der Waals surface area contributed by atoms with Gasteiger partial charge in [0.15, 0.2) is 0 Å². The molecule has 0 heterocycles. The summed E-state index contributed by atoms with van der Waals surface area (Å²) in [5.74, 6) is -0.205. The van der Waals surface area contributed by atoms with Gasteiger partial charge in [0.05, 0.1) is 39.9 Å². The zero-order valence-electron chi connectivity index (χ0n) is 48.6. The average molecular weight is 1040 g/mol. The molecular formula is C63H123N2O6P. The van der Waals surface area contributed by atoms with Crippen LogP contribution in [0.25, 0.3) is 0 Å². The summed E-state index contributed by atoms with van der Waals surface area (Å²) in [4.78, 5) is 25.5. The van der Waals surface area contributed by atoms with Crippen LogP contribution in [0.3, 0.4) is 0 Å². The molecule has 72 heavy (non-hydrogen) atoms. The summed E-state index contributed by atoms with van der Waals surface area (Å²) in [5.41, 5.74) is 0. The SMILES string of the molecule is CCCCCCCCCCCCC/C=C/CC/C=C/CC/C=C/C(O)C(COP(=O)([O-])OCC[N+](C)(C)C)NC(=O)CCCCCCCCCCCCCCCCCCCCCCCCCCCCCCC. The molecule has 0 rings (SSSR count). The van der Waals surface area contributed by atoms with Crippen LogP contribution in [-0.2, 0) is 18.4 Å². The first kappa shape index (κ1) is 70.7. The van der Waals surface area contributed by atoms with Gasteiger partial charge in [-0.1, -0.05) is 294 Å². The number of nitrogens with one attached hydrogen (secondary N) is 1. The van der Waals surface area contributed by atoms with Gasteiger partial charge in [-0.15, -0.1) is 0 Å². The highest BCUT2D eigenvalue weighted by Gasteiger charge is 2.23. The molecule has 426 valence electrons. The number of aliphatic hydroxyl groups is 1. The number of phosphoric ester groups is 1. The van der Waals surface area contributed by atoms with Crippen molar-refractivity contribution in [2.75, 3.05) is 40.9 Å². The van der Waals surface area contributed by atoms with E-state index in [1.807, 2.05) is 27.2 Å². The van der Waals surface area contributed by atoms with E-state index in [2.05, 4.69) is 43.5 Å². The third-order valence-corrected chi connectivity index (χ3v) is 15.3. The molecule has 0 aromatic heterocycles. The smallest absolute Gasteiger partial charge is 0.268 e. The third kappa shape index (κ3) is 56.4. The van der Waals surface area contributed by atoms with Crippen molar-refractivity contribution >= 4 is 13.7 Å². The van der Waals surface area contributed by atoms with Gasteiger partial charge in [-0.2, -0.15) is 0 Å². The number of nitrogens with zero attached hydrogens (tertiary/aromatic N) is 1. The number of unbranched alkanes of at least 4 members (excludes halogenated alkanes) is 41. The lowest BCUT2D eigenvalue weighted by Gasteiger charge is -2.29. The number of phosphoric acid groups is 1. The Hall–Kier alpha value is -1.28. The topological polar surface area (TPSA) is 108 Å². The van der Waals surface area contributed by atoms with Crippen LogP contribution in [-0.4, -0.2) is 68.5 Å².